The molecule has 19 heavy (non-hydrogen) atoms. The number of aliphatic hydroxyl groups is 1. The van der Waals surface area contributed by atoms with Gasteiger partial charge in [0, 0.05) is 6.42 Å². The van der Waals surface area contributed by atoms with Gasteiger partial charge in [0.15, 0.2) is 0 Å². The van der Waals surface area contributed by atoms with Crippen LogP contribution in [-0.2, 0) is 9.59 Å². The topological polar surface area (TPSA) is 110 Å². The van der Waals surface area contributed by atoms with Gasteiger partial charge in [-0.05, 0) is 31.6 Å². The Kier molecular flexibility index (Phi) is 8.55. The fourth-order valence-corrected chi connectivity index (χ4v) is 1.63. The Morgan fingerprint density at radius 2 is 1.95 bits per heavy atom. The first-order valence-corrected chi connectivity index (χ1v) is 6.46. The maximum atomic E-state index is 11.6. The summed E-state index contributed by atoms with van der Waals surface area (Å²) in [6.07, 6.45) is 0.899. The number of aliphatic hydroxyl groups excluding tert-OH is 1. The number of hydrogen-bond donors (Lipinski definition) is 3. The number of rotatable bonds is 9. The molecule has 0 bridgehead atoms. The van der Waals surface area contributed by atoms with E-state index in [2.05, 4.69) is 5.32 Å². The second kappa shape index (κ2) is 9.34. The highest BCUT2D eigenvalue weighted by Crippen LogP contribution is 2.07. The summed E-state index contributed by atoms with van der Waals surface area (Å²) in [6, 6.07) is 0.970. The molecule has 0 heterocycles. The Morgan fingerprint density at radius 3 is 2.42 bits per heavy atom. The van der Waals surface area contributed by atoms with Gasteiger partial charge in [0.05, 0.1) is 6.07 Å². The second-order valence-electron chi connectivity index (χ2n) is 4.95. The quantitative estimate of drug-likeness (QED) is 0.542. The Balaban J connectivity index is 4.23. The molecule has 0 fully saturated rings. The van der Waals surface area contributed by atoms with Crippen molar-refractivity contribution in [3.05, 3.63) is 0 Å². The summed E-state index contributed by atoms with van der Waals surface area (Å²) >= 11 is 0. The van der Waals surface area contributed by atoms with E-state index in [1.807, 2.05) is 19.9 Å². The van der Waals surface area contributed by atoms with Crippen molar-refractivity contribution < 1.29 is 19.8 Å². The van der Waals surface area contributed by atoms with E-state index < -0.39 is 24.0 Å². The van der Waals surface area contributed by atoms with Crippen molar-refractivity contribution in [3.63, 3.8) is 0 Å². The third-order valence-electron chi connectivity index (χ3n) is 2.64. The van der Waals surface area contributed by atoms with Crippen LogP contribution in [0, 0.1) is 17.2 Å². The minimum atomic E-state index is -1.18. The van der Waals surface area contributed by atoms with Crippen molar-refractivity contribution in [3.8, 4) is 6.07 Å². The number of amides is 1. The fourth-order valence-electron chi connectivity index (χ4n) is 1.63. The van der Waals surface area contributed by atoms with Crippen LogP contribution >= 0.6 is 0 Å². The molecule has 0 aromatic carbocycles. The molecule has 0 aliphatic heterocycles. The van der Waals surface area contributed by atoms with E-state index in [4.69, 9.17) is 10.4 Å². The standard InChI is InChI=1S/C13H22N2O4/c1-9(2)8-11(16)12(17)15-10(13(18)19)6-4-3-5-7-14/h9-11,16H,3-6,8H2,1-2H3,(H,15,17)(H,18,19)/t10-,11+/m0/s1. The molecule has 2 atom stereocenters. The smallest absolute Gasteiger partial charge is 0.326 e. The number of carboxylic acid groups (broad SMARTS) is 1. The molecule has 0 spiro atoms. The van der Waals surface area contributed by atoms with Gasteiger partial charge in [-0.3, -0.25) is 4.79 Å². The summed E-state index contributed by atoms with van der Waals surface area (Å²) in [5, 5.41) is 29.3. The molecule has 0 rings (SSSR count). The molecule has 6 heteroatoms. The number of nitrogens with one attached hydrogen (secondary N) is 1. The van der Waals surface area contributed by atoms with Crippen LogP contribution in [0.1, 0.15) is 46.0 Å². The van der Waals surface area contributed by atoms with E-state index in [0.29, 0.717) is 25.7 Å². The average molecular weight is 270 g/mol. The fraction of sp³-hybridized carbons (Fsp3) is 0.769. The van der Waals surface area contributed by atoms with Gasteiger partial charge in [0.25, 0.3) is 0 Å². The molecule has 0 aromatic rings. The molecule has 0 saturated heterocycles. The Morgan fingerprint density at radius 1 is 1.32 bits per heavy atom. The van der Waals surface area contributed by atoms with Crippen molar-refractivity contribution in [2.45, 2.75) is 58.1 Å². The predicted octanol–water partition coefficient (Wildman–Crippen LogP) is 1.05. The zero-order chi connectivity index (χ0) is 14.8. The summed E-state index contributed by atoms with van der Waals surface area (Å²) in [5.41, 5.74) is 0. The number of carbonyl (C=O) groups excluding carboxylic acids is 1. The monoisotopic (exact) mass is 270 g/mol. The van der Waals surface area contributed by atoms with Crippen LogP contribution in [0.15, 0.2) is 0 Å². The minimum absolute atomic E-state index is 0.152. The van der Waals surface area contributed by atoms with Gasteiger partial charge in [0.1, 0.15) is 12.1 Å². The van der Waals surface area contributed by atoms with Gasteiger partial charge < -0.3 is 15.5 Å². The zero-order valence-electron chi connectivity index (χ0n) is 11.4. The van der Waals surface area contributed by atoms with E-state index in [1.165, 1.54) is 0 Å². The first-order chi connectivity index (χ1) is 8.88. The van der Waals surface area contributed by atoms with Gasteiger partial charge in [0.2, 0.25) is 5.91 Å². The first-order valence-electron chi connectivity index (χ1n) is 6.46. The summed E-state index contributed by atoms with van der Waals surface area (Å²) in [6.45, 7) is 3.74. The number of carbonyl (C=O) groups is 2. The van der Waals surface area contributed by atoms with Gasteiger partial charge in [-0.25, -0.2) is 4.79 Å². The molecule has 0 unspecified atom stereocenters. The van der Waals surface area contributed by atoms with Crippen molar-refractivity contribution in [1.82, 2.24) is 5.32 Å². The summed E-state index contributed by atoms with van der Waals surface area (Å²) in [4.78, 5) is 22.6. The van der Waals surface area contributed by atoms with E-state index >= 15 is 0 Å². The second-order valence-corrected chi connectivity index (χ2v) is 4.95. The molecular formula is C13H22N2O4. The third-order valence-corrected chi connectivity index (χ3v) is 2.64. The summed E-state index contributed by atoms with van der Waals surface area (Å²) < 4.78 is 0. The van der Waals surface area contributed by atoms with Crippen LogP contribution in [0.5, 0.6) is 0 Å². The lowest BCUT2D eigenvalue weighted by molar-refractivity contribution is -0.143. The average Bonchev–Trinajstić information content (AvgIpc) is 2.31. The summed E-state index contributed by atoms with van der Waals surface area (Å²) in [5.74, 6) is -1.62. The normalized spacial score (nSPS) is 13.6. The zero-order valence-corrected chi connectivity index (χ0v) is 11.4. The van der Waals surface area contributed by atoms with Crippen molar-refractivity contribution >= 4 is 11.9 Å². The molecule has 1 amide bonds. The Hall–Kier alpha value is -1.61. The number of nitriles is 1. The molecule has 0 aromatic heterocycles. The maximum absolute atomic E-state index is 11.6. The molecule has 0 radical (unpaired) electrons. The third kappa shape index (κ3) is 8.16. The van der Waals surface area contributed by atoms with Crippen LogP contribution in [0.25, 0.3) is 0 Å². The van der Waals surface area contributed by atoms with Crippen molar-refractivity contribution in [2.75, 3.05) is 0 Å². The van der Waals surface area contributed by atoms with Gasteiger partial charge in [-0.15, -0.1) is 0 Å². The van der Waals surface area contributed by atoms with Crippen LogP contribution in [0.4, 0.5) is 0 Å². The van der Waals surface area contributed by atoms with Gasteiger partial charge in [-0.1, -0.05) is 13.8 Å². The molecule has 108 valence electrons. The van der Waals surface area contributed by atoms with Crippen molar-refractivity contribution in [2.24, 2.45) is 5.92 Å². The van der Waals surface area contributed by atoms with Gasteiger partial charge in [-0.2, -0.15) is 5.26 Å². The number of nitrogens with zero attached hydrogens (tertiary/aromatic N) is 1. The molecule has 3 N–H and O–H groups in total. The Labute approximate surface area is 113 Å². The van der Waals surface area contributed by atoms with Crippen LogP contribution in [-0.4, -0.2) is 34.2 Å². The van der Waals surface area contributed by atoms with Crippen molar-refractivity contribution in [1.29, 1.82) is 5.26 Å². The Bertz CT molecular complexity index is 336. The van der Waals surface area contributed by atoms with Crippen LogP contribution in [0.2, 0.25) is 0 Å². The van der Waals surface area contributed by atoms with E-state index in [-0.39, 0.29) is 12.3 Å². The molecule has 0 aliphatic carbocycles. The highest BCUT2D eigenvalue weighted by molar-refractivity contribution is 5.86. The van der Waals surface area contributed by atoms with Gasteiger partial charge >= 0.3 is 5.97 Å². The lowest BCUT2D eigenvalue weighted by Gasteiger charge is -2.18. The first kappa shape index (κ1) is 17.4. The number of aliphatic carboxylic acids is 1. The van der Waals surface area contributed by atoms with Crippen LogP contribution < -0.4 is 5.32 Å². The SMILES string of the molecule is CC(C)C[C@@H](O)C(=O)N[C@@H](CCCCC#N)C(=O)O. The molecule has 0 aliphatic rings. The van der Waals surface area contributed by atoms with Crippen LogP contribution in [0.3, 0.4) is 0 Å². The van der Waals surface area contributed by atoms with E-state index in [0.717, 1.165) is 0 Å². The van der Waals surface area contributed by atoms with E-state index in [9.17, 15) is 14.7 Å². The number of hydrogen-bond acceptors (Lipinski definition) is 4. The molecular weight excluding hydrogens is 248 g/mol. The lowest BCUT2D eigenvalue weighted by Crippen LogP contribution is -2.45. The largest absolute Gasteiger partial charge is 0.480 e. The lowest BCUT2D eigenvalue weighted by atomic mass is 10.0. The van der Waals surface area contributed by atoms with E-state index in [1.54, 1.807) is 0 Å². The number of unbranched alkanes of at least 4 members (excludes halogenated alkanes) is 2. The molecule has 0 saturated carbocycles. The highest BCUT2D eigenvalue weighted by atomic mass is 16.4. The molecule has 6 nitrogen and oxygen atoms in total. The number of carboxylic acids is 1. The predicted molar refractivity (Wildman–Crippen MR) is 69.1 cm³/mol. The maximum Gasteiger partial charge on any atom is 0.326 e. The minimum Gasteiger partial charge on any atom is -0.480 e. The highest BCUT2D eigenvalue weighted by Gasteiger charge is 2.23. The summed E-state index contributed by atoms with van der Waals surface area (Å²) in [7, 11) is 0.